The van der Waals surface area contributed by atoms with Crippen LogP contribution >= 0.6 is 31.8 Å². The Kier molecular flexibility index (Phi) is 15.3. The SMILES string of the molecule is CCCCOc1cc(OCCCC)c([P-]C(=O)c2c(Cl)cccc2Cl)c(OCCCC)c1.[Li+]. The van der Waals surface area contributed by atoms with Crippen molar-refractivity contribution in [2.24, 2.45) is 0 Å². The molecule has 0 atom stereocenters. The van der Waals surface area contributed by atoms with Gasteiger partial charge >= 0.3 is 18.9 Å². The molecule has 8 heteroatoms. The summed E-state index contributed by atoms with van der Waals surface area (Å²) in [4.78, 5) is 13.2. The van der Waals surface area contributed by atoms with Gasteiger partial charge in [-0.25, -0.2) is 0 Å². The maximum Gasteiger partial charge on any atom is 1.00 e. The van der Waals surface area contributed by atoms with Crippen LogP contribution in [0.5, 0.6) is 17.2 Å². The largest absolute Gasteiger partial charge is 1.00 e. The Morgan fingerprint density at radius 1 is 0.818 bits per heavy atom. The molecular weight excluding hydrogens is 473 g/mol. The summed E-state index contributed by atoms with van der Waals surface area (Å²) in [5, 5.41) is 1.33. The zero-order valence-corrected chi connectivity index (χ0v) is 22.5. The van der Waals surface area contributed by atoms with Gasteiger partial charge in [0.2, 0.25) is 0 Å². The van der Waals surface area contributed by atoms with Crippen LogP contribution in [0.15, 0.2) is 30.3 Å². The summed E-state index contributed by atoms with van der Waals surface area (Å²) in [7, 11) is 0.387. The maximum atomic E-state index is 13.2. The molecule has 0 saturated carbocycles. The van der Waals surface area contributed by atoms with E-state index in [9.17, 15) is 4.79 Å². The van der Waals surface area contributed by atoms with Crippen LogP contribution in [0.1, 0.15) is 69.7 Å². The van der Waals surface area contributed by atoms with E-state index in [1.807, 2.05) is 12.1 Å². The third-order valence-electron chi connectivity index (χ3n) is 4.68. The third-order valence-corrected chi connectivity index (χ3v) is 6.40. The fourth-order valence-electron chi connectivity index (χ4n) is 2.82. The molecular formula is C25H32Cl2LiO4P. The minimum Gasteiger partial charge on any atom is -0.496 e. The molecule has 0 heterocycles. The van der Waals surface area contributed by atoms with Gasteiger partial charge < -0.3 is 27.6 Å². The second-order valence-electron chi connectivity index (χ2n) is 7.39. The Morgan fingerprint density at radius 3 is 1.73 bits per heavy atom. The van der Waals surface area contributed by atoms with Gasteiger partial charge in [0, 0.05) is 23.2 Å². The number of carbonyl (C=O) groups excluding carboxylic acids is 1. The van der Waals surface area contributed by atoms with Gasteiger partial charge in [0.25, 0.3) is 0 Å². The molecule has 176 valence electrons. The first-order valence-electron chi connectivity index (χ1n) is 11.3. The Morgan fingerprint density at radius 2 is 1.27 bits per heavy atom. The number of rotatable bonds is 15. The summed E-state index contributed by atoms with van der Waals surface area (Å²) in [5.41, 5.74) is 0.0979. The van der Waals surface area contributed by atoms with Crippen molar-refractivity contribution in [1.82, 2.24) is 0 Å². The first kappa shape index (κ1) is 30.1. The predicted molar refractivity (Wildman–Crippen MR) is 135 cm³/mol. The predicted octanol–water partition coefficient (Wildman–Crippen LogP) is 4.95. The Labute approximate surface area is 222 Å². The zero-order chi connectivity index (χ0) is 23.3. The van der Waals surface area contributed by atoms with E-state index in [1.165, 1.54) is 0 Å². The van der Waals surface area contributed by atoms with Gasteiger partial charge in [-0.2, -0.15) is 0 Å². The van der Waals surface area contributed by atoms with Crippen molar-refractivity contribution >= 4 is 42.6 Å². The van der Waals surface area contributed by atoms with Crippen LogP contribution in [-0.2, 0) is 0 Å². The molecule has 2 aromatic rings. The number of ether oxygens (including phenoxy) is 3. The van der Waals surface area contributed by atoms with Gasteiger partial charge in [-0.1, -0.05) is 69.3 Å². The smallest absolute Gasteiger partial charge is 0.496 e. The van der Waals surface area contributed by atoms with E-state index in [0.29, 0.717) is 66.6 Å². The minimum absolute atomic E-state index is 0. The fraction of sp³-hybridized carbons (Fsp3) is 0.480. The number of hydrogen-bond donors (Lipinski definition) is 0. The van der Waals surface area contributed by atoms with Gasteiger partial charge in [-0.05, 0) is 31.4 Å². The quantitative estimate of drug-likeness (QED) is 0.195. The summed E-state index contributed by atoms with van der Waals surface area (Å²) >= 11 is 12.6. The van der Waals surface area contributed by atoms with Gasteiger partial charge in [-0.3, -0.25) is 0 Å². The molecule has 0 radical (unpaired) electrons. The van der Waals surface area contributed by atoms with E-state index in [2.05, 4.69) is 20.8 Å². The van der Waals surface area contributed by atoms with Crippen LogP contribution < -0.4 is 38.4 Å². The molecule has 0 saturated heterocycles. The van der Waals surface area contributed by atoms with Gasteiger partial charge in [-0.15, -0.1) is 5.30 Å². The van der Waals surface area contributed by atoms with Crippen molar-refractivity contribution in [1.29, 1.82) is 0 Å². The van der Waals surface area contributed by atoms with Crippen molar-refractivity contribution in [2.45, 2.75) is 59.3 Å². The Bertz CT molecular complexity index is 828. The van der Waals surface area contributed by atoms with Crippen molar-refractivity contribution < 1.29 is 37.9 Å². The van der Waals surface area contributed by atoms with Gasteiger partial charge in [0.1, 0.15) is 5.75 Å². The first-order valence-corrected chi connectivity index (χ1v) is 12.9. The first-order chi connectivity index (χ1) is 15.5. The van der Waals surface area contributed by atoms with Crippen LogP contribution in [0, 0.1) is 0 Å². The second kappa shape index (κ2) is 16.7. The molecule has 2 aromatic carbocycles. The van der Waals surface area contributed by atoms with E-state index in [4.69, 9.17) is 37.4 Å². The summed E-state index contributed by atoms with van der Waals surface area (Å²) in [6.07, 6.45) is 5.84. The van der Waals surface area contributed by atoms with Crippen LogP contribution in [0.25, 0.3) is 0 Å². The number of unbranched alkanes of at least 4 members (excludes halogenated alkanes) is 3. The average Bonchev–Trinajstić information content (AvgIpc) is 2.76. The normalized spacial score (nSPS) is 10.8. The molecule has 0 aliphatic carbocycles. The number of carbonyl (C=O) groups is 1. The Hall–Kier alpha value is -0.883. The van der Waals surface area contributed by atoms with Crippen LogP contribution in [0.3, 0.4) is 0 Å². The second-order valence-corrected chi connectivity index (χ2v) is 9.28. The van der Waals surface area contributed by atoms with E-state index in [1.54, 1.807) is 18.2 Å². The summed E-state index contributed by atoms with van der Waals surface area (Å²) < 4.78 is 18.1. The summed E-state index contributed by atoms with van der Waals surface area (Å²) in [6, 6.07) is 8.75. The standard InChI is InChI=1S/C25H32Cl2O4P.Li/c1-4-7-13-29-18-16-21(30-14-8-5-2)24(22(17-18)31-15-9-6-3)32-25(28)23-19(26)11-10-12-20(23)27;/h10-12,16-17H,4-9,13-15H2,1-3H3;/q-1;+1. The Balaban J connectivity index is 0.00000544. The molecule has 0 unspecified atom stereocenters. The molecule has 0 bridgehead atoms. The molecule has 0 aliphatic heterocycles. The van der Waals surface area contributed by atoms with Gasteiger partial charge in [0.15, 0.2) is 0 Å². The maximum absolute atomic E-state index is 13.2. The molecule has 4 nitrogen and oxygen atoms in total. The van der Waals surface area contributed by atoms with Crippen LogP contribution in [0.2, 0.25) is 10.0 Å². The molecule has 0 amide bonds. The third kappa shape index (κ3) is 9.71. The molecule has 0 fully saturated rings. The van der Waals surface area contributed by atoms with Crippen molar-refractivity contribution in [3.8, 4) is 17.2 Å². The zero-order valence-electron chi connectivity index (χ0n) is 20.1. The van der Waals surface area contributed by atoms with E-state index in [0.717, 1.165) is 38.5 Å². The summed E-state index contributed by atoms with van der Waals surface area (Å²) in [5.74, 6) is 1.87. The average molecular weight is 505 g/mol. The molecule has 33 heavy (non-hydrogen) atoms. The van der Waals surface area contributed by atoms with Crippen LogP contribution in [0.4, 0.5) is 0 Å². The summed E-state index contributed by atoms with van der Waals surface area (Å²) in [6.45, 7) is 8.05. The monoisotopic (exact) mass is 504 g/mol. The molecule has 2 rings (SSSR count). The molecule has 0 spiro atoms. The van der Waals surface area contributed by atoms with Crippen LogP contribution in [-0.4, -0.2) is 25.3 Å². The van der Waals surface area contributed by atoms with E-state index in [-0.39, 0.29) is 24.4 Å². The van der Waals surface area contributed by atoms with Crippen molar-refractivity contribution in [3.63, 3.8) is 0 Å². The van der Waals surface area contributed by atoms with Crippen molar-refractivity contribution in [2.75, 3.05) is 19.8 Å². The minimum atomic E-state index is -0.207. The topological polar surface area (TPSA) is 44.8 Å². The van der Waals surface area contributed by atoms with E-state index < -0.39 is 0 Å². The molecule has 0 N–H and O–H groups in total. The van der Waals surface area contributed by atoms with Crippen molar-refractivity contribution in [3.05, 3.63) is 45.9 Å². The fourth-order valence-corrected chi connectivity index (χ4v) is 4.55. The van der Waals surface area contributed by atoms with Gasteiger partial charge in [0.05, 0.1) is 41.4 Å². The number of hydrogen-bond acceptors (Lipinski definition) is 4. The number of halogens is 2. The number of benzene rings is 2. The van der Waals surface area contributed by atoms with E-state index >= 15 is 0 Å². The molecule has 0 aliphatic rings. The molecule has 0 aromatic heterocycles.